The maximum absolute atomic E-state index is 12.2. The molecule has 3 aromatic rings. The van der Waals surface area contributed by atoms with Crippen LogP contribution >= 0.6 is 11.3 Å². The number of aromatic nitrogens is 1. The van der Waals surface area contributed by atoms with Gasteiger partial charge in [0.15, 0.2) is 11.9 Å². The Hall–Kier alpha value is -2.67. The summed E-state index contributed by atoms with van der Waals surface area (Å²) in [5.41, 5.74) is 0. The lowest BCUT2D eigenvalue weighted by atomic mass is 10.2. The predicted molar refractivity (Wildman–Crippen MR) is 86.6 cm³/mol. The Labute approximate surface area is 136 Å². The Morgan fingerprint density at radius 3 is 2.78 bits per heavy atom. The summed E-state index contributed by atoms with van der Waals surface area (Å²) in [6, 6.07) is 11.0. The number of thiophene rings is 1. The fraction of sp³-hybridized carbons (Fsp3) is 0.188. The van der Waals surface area contributed by atoms with Gasteiger partial charge in [0.25, 0.3) is 5.91 Å². The summed E-state index contributed by atoms with van der Waals surface area (Å²) < 4.78 is 11.1. The van der Waals surface area contributed by atoms with E-state index in [4.69, 9.17) is 9.26 Å². The lowest BCUT2D eigenvalue weighted by Crippen LogP contribution is -2.29. The van der Waals surface area contributed by atoms with Crippen LogP contribution in [0.25, 0.3) is 10.1 Å². The summed E-state index contributed by atoms with van der Waals surface area (Å²) in [6.07, 6.45) is -0.940. The molecule has 0 saturated carbocycles. The van der Waals surface area contributed by atoms with Gasteiger partial charge in [0.2, 0.25) is 0 Å². The highest BCUT2D eigenvalue weighted by atomic mass is 32.1. The topological polar surface area (TPSA) is 81.4 Å². The summed E-state index contributed by atoms with van der Waals surface area (Å²) in [5.74, 6) is -0.120. The minimum Gasteiger partial charge on any atom is -0.448 e. The average Bonchev–Trinajstić information content (AvgIpc) is 3.13. The maximum atomic E-state index is 12.2. The molecule has 0 aliphatic carbocycles. The average molecular weight is 330 g/mol. The molecule has 7 heteroatoms. The van der Waals surface area contributed by atoms with Gasteiger partial charge in [-0.05, 0) is 31.4 Å². The van der Waals surface area contributed by atoms with E-state index >= 15 is 0 Å². The summed E-state index contributed by atoms with van der Waals surface area (Å²) in [6.45, 7) is 3.22. The molecule has 1 amide bonds. The number of benzene rings is 1. The fourth-order valence-electron chi connectivity index (χ4n) is 2.01. The smallest absolute Gasteiger partial charge is 0.349 e. The lowest BCUT2D eigenvalue weighted by molar-refractivity contribution is -0.123. The van der Waals surface area contributed by atoms with Crippen molar-refractivity contribution in [2.24, 2.45) is 0 Å². The second kappa shape index (κ2) is 6.21. The number of nitrogens with one attached hydrogen (secondary N) is 1. The van der Waals surface area contributed by atoms with Crippen molar-refractivity contribution < 1.29 is 18.8 Å². The minimum absolute atomic E-state index is 0.289. The number of hydrogen-bond acceptors (Lipinski definition) is 6. The standard InChI is InChI=1S/C16H14N2O4S/c1-9-7-14(18-22-9)17-15(19)10(2)21-16(20)13-8-11-5-3-4-6-12(11)23-13/h3-8,10H,1-2H3,(H,17,18,19)/t10-/m1/s1. The van der Waals surface area contributed by atoms with E-state index in [0.717, 1.165) is 10.1 Å². The van der Waals surface area contributed by atoms with Gasteiger partial charge in [-0.3, -0.25) is 4.79 Å². The van der Waals surface area contributed by atoms with Crippen LogP contribution in [0.15, 0.2) is 40.9 Å². The van der Waals surface area contributed by atoms with Crippen molar-refractivity contribution in [1.29, 1.82) is 0 Å². The highest BCUT2D eigenvalue weighted by Gasteiger charge is 2.21. The van der Waals surface area contributed by atoms with Crippen molar-refractivity contribution in [2.75, 3.05) is 5.32 Å². The van der Waals surface area contributed by atoms with Crippen molar-refractivity contribution >= 4 is 39.1 Å². The zero-order valence-corrected chi connectivity index (χ0v) is 13.3. The number of fused-ring (bicyclic) bond motifs is 1. The number of esters is 1. The maximum Gasteiger partial charge on any atom is 0.349 e. The first kappa shape index (κ1) is 15.2. The normalized spacial score (nSPS) is 12.1. The molecule has 1 N–H and O–H groups in total. The van der Waals surface area contributed by atoms with Crippen LogP contribution in [0.2, 0.25) is 0 Å². The molecule has 6 nitrogen and oxygen atoms in total. The third kappa shape index (κ3) is 3.40. The number of rotatable bonds is 4. The molecule has 2 aromatic heterocycles. The van der Waals surface area contributed by atoms with Gasteiger partial charge in [0.1, 0.15) is 10.6 Å². The van der Waals surface area contributed by atoms with Crippen LogP contribution in [-0.2, 0) is 9.53 Å². The van der Waals surface area contributed by atoms with E-state index in [1.807, 2.05) is 24.3 Å². The molecule has 0 spiro atoms. The quantitative estimate of drug-likeness (QED) is 0.742. The van der Waals surface area contributed by atoms with Gasteiger partial charge in [-0.15, -0.1) is 11.3 Å². The van der Waals surface area contributed by atoms with Crippen LogP contribution < -0.4 is 5.32 Å². The Kier molecular flexibility index (Phi) is 4.12. The monoisotopic (exact) mass is 330 g/mol. The molecule has 2 heterocycles. The number of anilines is 1. The van der Waals surface area contributed by atoms with Gasteiger partial charge < -0.3 is 14.6 Å². The summed E-state index contributed by atoms with van der Waals surface area (Å²) >= 11 is 1.33. The van der Waals surface area contributed by atoms with E-state index in [-0.39, 0.29) is 5.82 Å². The Bertz CT molecular complexity index is 835. The minimum atomic E-state index is -0.940. The van der Waals surface area contributed by atoms with Crippen molar-refractivity contribution in [3.63, 3.8) is 0 Å². The van der Waals surface area contributed by atoms with Crippen molar-refractivity contribution in [3.05, 3.63) is 47.0 Å². The second-order valence-electron chi connectivity index (χ2n) is 5.01. The third-order valence-electron chi connectivity index (χ3n) is 3.16. The van der Waals surface area contributed by atoms with E-state index in [0.29, 0.717) is 10.6 Å². The van der Waals surface area contributed by atoms with E-state index < -0.39 is 18.0 Å². The van der Waals surface area contributed by atoms with Crippen LogP contribution in [-0.4, -0.2) is 23.1 Å². The Balaban J connectivity index is 1.65. The molecule has 0 saturated heterocycles. The van der Waals surface area contributed by atoms with Gasteiger partial charge in [-0.25, -0.2) is 4.79 Å². The molecule has 118 valence electrons. The summed E-state index contributed by atoms with van der Waals surface area (Å²) in [4.78, 5) is 24.6. The van der Waals surface area contributed by atoms with Crippen LogP contribution in [0.4, 0.5) is 5.82 Å². The number of carbonyl (C=O) groups excluding carboxylic acids is 2. The lowest BCUT2D eigenvalue weighted by Gasteiger charge is -2.11. The van der Waals surface area contributed by atoms with Gasteiger partial charge in [0, 0.05) is 10.8 Å². The molecule has 3 rings (SSSR count). The number of aryl methyl sites for hydroxylation is 1. The third-order valence-corrected chi connectivity index (χ3v) is 4.26. The first-order chi connectivity index (χ1) is 11.0. The number of ether oxygens (including phenoxy) is 1. The highest BCUT2D eigenvalue weighted by Crippen LogP contribution is 2.26. The molecule has 0 aliphatic heterocycles. The Morgan fingerprint density at radius 1 is 1.30 bits per heavy atom. The highest BCUT2D eigenvalue weighted by molar-refractivity contribution is 7.20. The summed E-state index contributed by atoms with van der Waals surface area (Å²) in [7, 11) is 0. The molecule has 1 atom stereocenters. The number of amides is 1. The van der Waals surface area contributed by atoms with E-state index in [2.05, 4.69) is 10.5 Å². The molecular weight excluding hydrogens is 316 g/mol. The van der Waals surface area contributed by atoms with Gasteiger partial charge in [-0.2, -0.15) is 0 Å². The predicted octanol–water partition coefficient (Wildman–Crippen LogP) is 3.38. The van der Waals surface area contributed by atoms with Crippen LogP contribution in [0.3, 0.4) is 0 Å². The molecule has 0 bridgehead atoms. The second-order valence-corrected chi connectivity index (χ2v) is 6.09. The summed E-state index contributed by atoms with van der Waals surface area (Å²) in [5, 5.41) is 7.16. The number of nitrogens with zero attached hydrogens (tertiary/aromatic N) is 1. The van der Waals surface area contributed by atoms with Crippen LogP contribution in [0, 0.1) is 6.92 Å². The van der Waals surface area contributed by atoms with Crippen LogP contribution in [0.1, 0.15) is 22.4 Å². The molecule has 0 fully saturated rings. The fourth-order valence-corrected chi connectivity index (χ4v) is 2.95. The van der Waals surface area contributed by atoms with Gasteiger partial charge >= 0.3 is 5.97 Å². The molecule has 0 unspecified atom stereocenters. The van der Waals surface area contributed by atoms with Crippen molar-refractivity contribution in [2.45, 2.75) is 20.0 Å². The largest absolute Gasteiger partial charge is 0.448 e. The van der Waals surface area contributed by atoms with E-state index in [9.17, 15) is 9.59 Å². The molecular formula is C16H14N2O4S. The number of hydrogen-bond donors (Lipinski definition) is 1. The Morgan fingerprint density at radius 2 is 2.09 bits per heavy atom. The van der Waals surface area contributed by atoms with Crippen molar-refractivity contribution in [3.8, 4) is 0 Å². The molecule has 0 radical (unpaired) electrons. The molecule has 23 heavy (non-hydrogen) atoms. The SMILES string of the molecule is Cc1cc(NC(=O)[C@@H](C)OC(=O)c2cc3ccccc3s2)no1. The van der Waals surface area contributed by atoms with Crippen LogP contribution in [0.5, 0.6) is 0 Å². The number of carbonyl (C=O) groups is 2. The zero-order valence-electron chi connectivity index (χ0n) is 12.5. The van der Waals surface area contributed by atoms with Gasteiger partial charge in [-0.1, -0.05) is 23.4 Å². The zero-order chi connectivity index (χ0) is 16.4. The van der Waals surface area contributed by atoms with E-state index in [1.54, 1.807) is 19.1 Å². The molecule has 1 aromatic carbocycles. The van der Waals surface area contributed by atoms with E-state index in [1.165, 1.54) is 18.3 Å². The molecule has 0 aliphatic rings. The first-order valence-corrected chi connectivity index (χ1v) is 7.78. The first-order valence-electron chi connectivity index (χ1n) is 6.96. The van der Waals surface area contributed by atoms with Crippen molar-refractivity contribution in [1.82, 2.24) is 5.16 Å². The van der Waals surface area contributed by atoms with Gasteiger partial charge in [0.05, 0.1) is 0 Å².